The van der Waals surface area contributed by atoms with Gasteiger partial charge in [-0.15, -0.1) is 0 Å². The first-order valence-corrected chi connectivity index (χ1v) is 11.6. The van der Waals surface area contributed by atoms with E-state index in [2.05, 4.69) is 5.32 Å². The predicted octanol–water partition coefficient (Wildman–Crippen LogP) is 2.49. The van der Waals surface area contributed by atoms with Crippen LogP contribution in [0.25, 0.3) is 0 Å². The minimum absolute atomic E-state index is 0.217. The molecule has 7 atom stereocenters. The highest BCUT2D eigenvalue weighted by atomic mass is 16.8. The van der Waals surface area contributed by atoms with Crippen molar-refractivity contribution in [3.8, 4) is 0 Å². The molecular formula is C26H31NO8. The van der Waals surface area contributed by atoms with Crippen molar-refractivity contribution >= 4 is 11.9 Å². The summed E-state index contributed by atoms with van der Waals surface area (Å²) in [6, 6.07) is 18.4. The summed E-state index contributed by atoms with van der Waals surface area (Å²) in [6.45, 7) is 3.47. The Labute approximate surface area is 204 Å². The van der Waals surface area contributed by atoms with Gasteiger partial charge >= 0.3 is 5.97 Å². The van der Waals surface area contributed by atoms with E-state index in [9.17, 15) is 9.59 Å². The first-order chi connectivity index (χ1) is 17.0. The summed E-state index contributed by atoms with van der Waals surface area (Å²) in [4.78, 5) is 24.4. The van der Waals surface area contributed by atoms with E-state index in [1.807, 2.05) is 60.7 Å². The average Bonchev–Trinajstić information content (AvgIpc) is 2.89. The molecule has 1 amide bonds. The van der Waals surface area contributed by atoms with E-state index >= 15 is 0 Å². The standard InChI is InChI=1S/C26H31NO8/c1-16(24(29)30-3)33-23-21(27-17(2)28)26(31-14-18-10-6-4-7-11-18)34-20-15-32-25(35-22(20)23)19-12-8-5-9-13-19/h4-13,16,20-23,25-26H,14-15H2,1-3H3,(H,27,28)/t16-,20-,21-,22-,23-,25?,26+/m1/s1. The third-order valence-corrected chi connectivity index (χ3v) is 5.93. The monoisotopic (exact) mass is 485 g/mol. The molecule has 0 spiro atoms. The zero-order chi connectivity index (χ0) is 24.8. The number of esters is 1. The van der Waals surface area contributed by atoms with Crippen LogP contribution in [0.2, 0.25) is 0 Å². The summed E-state index contributed by atoms with van der Waals surface area (Å²) in [5, 5.41) is 2.88. The Hall–Kier alpha value is -2.82. The van der Waals surface area contributed by atoms with E-state index in [-0.39, 0.29) is 19.1 Å². The zero-order valence-electron chi connectivity index (χ0n) is 20.0. The van der Waals surface area contributed by atoms with Gasteiger partial charge in [0.05, 0.1) is 20.3 Å². The minimum atomic E-state index is -0.906. The van der Waals surface area contributed by atoms with Crippen molar-refractivity contribution in [2.24, 2.45) is 0 Å². The Morgan fingerprint density at radius 2 is 1.74 bits per heavy atom. The maximum Gasteiger partial charge on any atom is 0.334 e. The topological polar surface area (TPSA) is 102 Å². The van der Waals surface area contributed by atoms with Crippen molar-refractivity contribution < 1.29 is 38.0 Å². The fraction of sp³-hybridized carbons (Fsp3) is 0.462. The molecule has 0 aromatic heterocycles. The summed E-state index contributed by atoms with van der Waals surface area (Å²) in [6.07, 6.45) is -4.39. The largest absolute Gasteiger partial charge is 0.467 e. The smallest absolute Gasteiger partial charge is 0.334 e. The minimum Gasteiger partial charge on any atom is -0.467 e. The predicted molar refractivity (Wildman–Crippen MR) is 124 cm³/mol. The number of carbonyl (C=O) groups excluding carboxylic acids is 2. The number of benzene rings is 2. The maximum absolute atomic E-state index is 12.2. The lowest BCUT2D eigenvalue weighted by molar-refractivity contribution is -0.352. The van der Waals surface area contributed by atoms with Crippen LogP contribution in [-0.4, -0.2) is 62.3 Å². The number of hydrogen-bond donors (Lipinski definition) is 1. The van der Waals surface area contributed by atoms with Crippen LogP contribution in [0.4, 0.5) is 0 Å². The van der Waals surface area contributed by atoms with Gasteiger partial charge in [-0.25, -0.2) is 4.79 Å². The van der Waals surface area contributed by atoms with Gasteiger partial charge in [0.25, 0.3) is 0 Å². The molecule has 2 aliphatic rings. The van der Waals surface area contributed by atoms with Gasteiger partial charge in [-0.3, -0.25) is 4.79 Å². The molecule has 2 aliphatic heterocycles. The lowest BCUT2D eigenvalue weighted by Crippen LogP contribution is -2.68. The summed E-state index contributed by atoms with van der Waals surface area (Å²) < 4.78 is 35.6. The van der Waals surface area contributed by atoms with Gasteiger partial charge < -0.3 is 33.7 Å². The van der Waals surface area contributed by atoms with Gasteiger partial charge in [0.1, 0.15) is 24.4 Å². The Bertz CT molecular complexity index is 972. The molecule has 0 bridgehead atoms. The molecule has 2 heterocycles. The number of methoxy groups -OCH3 is 1. The summed E-state index contributed by atoms with van der Waals surface area (Å²) in [5.41, 5.74) is 1.78. The molecule has 9 heteroatoms. The normalized spacial score (nSPS) is 29.0. The van der Waals surface area contributed by atoms with Crippen LogP contribution in [0, 0.1) is 0 Å². The van der Waals surface area contributed by atoms with E-state index in [0.717, 1.165) is 11.1 Å². The van der Waals surface area contributed by atoms with Crippen molar-refractivity contribution in [1.29, 1.82) is 0 Å². The van der Waals surface area contributed by atoms with E-state index in [4.69, 9.17) is 28.4 Å². The van der Waals surface area contributed by atoms with Crippen LogP contribution in [0.5, 0.6) is 0 Å². The molecule has 188 valence electrons. The molecule has 0 aliphatic carbocycles. The molecule has 35 heavy (non-hydrogen) atoms. The molecule has 0 radical (unpaired) electrons. The van der Waals surface area contributed by atoms with Crippen molar-refractivity contribution in [2.75, 3.05) is 13.7 Å². The fourth-order valence-corrected chi connectivity index (χ4v) is 4.25. The number of carbonyl (C=O) groups is 2. The van der Waals surface area contributed by atoms with Gasteiger partial charge in [-0.05, 0) is 12.5 Å². The van der Waals surface area contributed by atoms with Gasteiger partial charge in [-0.1, -0.05) is 60.7 Å². The number of amides is 1. The Morgan fingerprint density at radius 3 is 2.40 bits per heavy atom. The lowest BCUT2D eigenvalue weighted by atomic mass is 9.95. The van der Waals surface area contributed by atoms with E-state index < -0.39 is 49.0 Å². The second-order valence-corrected chi connectivity index (χ2v) is 8.51. The molecule has 2 saturated heterocycles. The zero-order valence-corrected chi connectivity index (χ0v) is 20.0. The van der Waals surface area contributed by atoms with Crippen molar-refractivity contribution in [2.45, 2.75) is 63.5 Å². The number of fused-ring (bicyclic) bond motifs is 1. The van der Waals surface area contributed by atoms with Crippen molar-refractivity contribution in [1.82, 2.24) is 5.32 Å². The van der Waals surface area contributed by atoms with Crippen molar-refractivity contribution in [3.05, 3.63) is 71.8 Å². The number of nitrogens with one attached hydrogen (secondary N) is 1. The van der Waals surface area contributed by atoms with Crippen LogP contribution in [0.15, 0.2) is 60.7 Å². The van der Waals surface area contributed by atoms with Crippen LogP contribution in [0.1, 0.15) is 31.3 Å². The molecule has 9 nitrogen and oxygen atoms in total. The van der Waals surface area contributed by atoms with E-state index in [0.29, 0.717) is 0 Å². The molecule has 2 aromatic carbocycles. The van der Waals surface area contributed by atoms with Gasteiger partial charge in [0.2, 0.25) is 5.91 Å². The Balaban J connectivity index is 1.60. The molecule has 4 rings (SSSR count). The first kappa shape index (κ1) is 25.3. The Kier molecular flexibility index (Phi) is 8.48. The third kappa shape index (κ3) is 6.25. The maximum atomic E-state index is 12.2. The second-order valence-electron chi connectivity index (χ2n) is 8.51. The molecule has 0 saturated carbocycles. The van der Waals surface area contributed by atoms with Crippen molar-refractivity contribution in [3.63, 3.8) is 0 Å². The number of hydrogen-bond acceptors (Lipinski definition) is 8. The second kappa shape index (κ2) is 11.7. The third-order valence-electron chi connectivity index (χ3n) is 5.93. The molecule has 1 unspecified atom stereocenters. The molecule has 1 N–H and O–H groups in total. The van der Waals surface area contributed by atoms with Gasteiger partial charge in [0, 0.05) is 12.5 Å². The molecular weight excluding hydrogens is 454 g/mol. The van der Waals surface area contributed by atoms with Crippen LogP contribution in [-0.2, 0) is 44.6 Å². The van der Waals surface area contributed by atoms with Gasteiger partial charge in [-0.2, -0.15) is 0 Å². The summed E-state index contributed by atoms with van der Waals surface area (Å²) in [7, 11) is 1.29. The fourth-order valence-electron chi connectivity index (χ4n) is 4.25. The lowest BCUT2D eigenvalue weighted by Gasteiger charge is -2.49. The van der Waals surface area contributed by atoms with E-state index in [1.165, 1.54) is 14.0 Å². The van der Waals surface area contributed by atoms with Crippen LogP contribution >= 0.6 is 0 Å². The van der Waals surface area contributed by atoms with E-state index in [1.54, 1.807) is 6.92 Å². The first-order valence-electron chi connectivity index (χ1n) is 11.6. The molecule has 2 aromatic rings. The molecule has 2 fully saturated rings. The highest BCUT2D eigenvalue weighted by Crippen LogP contribution is 2.36. The van der Waals surface area contributed by atoms with Crippen LogP contribution in [0.3, 0.4) is 0 Å². The Morgan fingerprint density at radius 1 is 1.06 bits per heavy atom. The van der Waals surface area contributed by atoms with Gasteiger partial charge in [0.15, 0.2) is 18.7 Å². The van der Waals surface area contributed by atoms with Crippen LogP contribution < -0.4 is 5.32 Å². The SMILES string of the molecule is COC(=O)[C@@H](C)O[C@@H]1[C@@H](NC(C)=O)[C@@H](OCc2ccccc2)O[C@@H]2COC(c3ccccc3)O[C@@H]12. The number of ether oxygens (including phenoxy) is 6. The highest BCUT2D eigenvalue weighted by Gasteiger charge is 2.52. The summed E-state index contributed by atoms with van der Waals surface area (Å²) >= 11 is 0. The highest BCUT2D eigenvalue weighted by molar-refractivity contribution is 5.74. The quantitative estimate of drug-likeness (QED) is 0.569. The summed E-state index contributed by atoms with van der Waals surface area (Å²) in [5.74, 6) is -0.834. The average molecular weight is 486 g/mol. The number of rotatable bonds is 8.